The van der Waals surface area contributed by atoms with E-state index in [-0.39, 0.29) is 5.91 Å². The minimum absolute atomic E-state index is 0.0764. The van der Waals surface area contributed by atoms with Gasteiger partial charge in [0.1, 0.15) is 5.82 Å². The van der Waals surface area contributed by atoms with Crippen LogP contribution in [0.15, 0.2) is 53.3 Å². The first-order valence-electron chi connectivity index (χ1n) is 9.26. The highest BCUT2D eigenvalue weighted by atomic mass is 16.3. The summed E-state index contributed by atoms with van der Waals surface area (Å²) in [6.45, 7) is 5.11. The lowest BCUT2D eigenvalue weighted by atomic mass is 10.3. The largest absolute Gasteiger partial charge is 0.459 e. The monoisotopic (exact) mass is 378 g/mol. The maximum Gasteiger partial charge on any atom is 0.289 e. The molecular weight excluding hydrogens is 356 g/mol. The third kappa shape index (κ3) is 4.11. The van der Waals surface area contributed by atoms with Gasteiger partial charge in [-0.1, -0.05) is 6.07 Å². The Morgan fingerprint density at radius 3 is 2.71 bits per heavy atom. The topological polar surface area (TPSA) is 87.4 Å². The molecule has 1 N–H and O–H groups in total. The van der Waals surface area contributed by atoms with Gasteiger partial charge in [0.05, 0.1) is 18.5 Å². The van der Waals surface area contributed by atoms with E-state index in [1.807, 2.05) is 31.2 Å². The summed E-state index contributed by atoms with van der Waals surface area (Å²) < 4.78 is 5.21. The summed E-state index contributed by atoms with van der Waals surface area (Å²) in [5.74, 6) is 1.74. The SMILES string of the molecule is Cc1cc(NCc2ccccn2)nc(N2CCN(C(=O)c3ccco3)CC2)n1. The van der Waals surface area contributed by atoms with Crippen LogP contribution < -0.4 is 10.2 Å². The molecular formula is C20H22N6O2. The van der Waals surface area contributed by atoms with E-state index in [1.54, 1.807) is 23.2 Å². The Hall–Kier alpha value is -3.42. The molecule has 1 fully saturated rings. The average molecular weight is 378 g/mol. The van der Waals surface area contributed by atoms with Crippen molar-refractivity contribution in [1.29, 1.82) is 0 Å². The molecule has 4 heterocycles. The van der Waals surface area contributed by atoms with E-state index < -0.39 is 0 Å². The van der Waals surface area contributed by atoms with Crippen molar-refractivity contribution >= 4 is 17.7 Å². The van der Waals surface area contributed by atoms with Crippen LogP contribution in [0, 0.1) is 6.92 Å². The molecule has 1 aliphatic heterocycles. The minimum atomic E-state index is -0.0764. The highest BCUT2D eigenvalue weighted by Crippen LogP contribution is 2.17. The molecule has 0 aromatic carbocycles. The van der Waals surface area contributed by atoms with Crippen LogP contribution in [0.2, 0.25) is 0 Å². The quantitative estimate of drug-likeness (QED) is 0.729. The molecule has 0 aliphatic carbocycles. The van der Waals surface area contributed by atoms with E-state index >= 15 is 0 Å². The highest BCUT2D eigenvalue weighted by Gasteiger charge is 2.25. The van der Waals surface area contributed by atoms with Crippen LogP contribution in [0.25, 0.3) is 0 Å². The van der Waals surface area contributed by atoms with E-state index in [0.29, 0.717) is 44.4 Å². The lowest BCUT2D eigenvalue weighted by molar-refractivity contribution is 0.0714. The fraction of sp³-hybridized carbons (Fsp3) is 0.300. The molecule has 8 nitrogen and oxygen atoms in total. The molecule has 0 saturated carbocycles. The van der Waals surface area contributed by atoms with Gasteiger partial charge in [-0.15, -0.1) is 0 Å². The number of rotatable bonds is 5. The van der Waals surface area contributed by atoms with Crippen LogP contribution in [-0.2, 0) is 6.54 Å². The molecule has 0 unspecified atom stereocenters. The molecule has 0 radical (unpaired) electrons. The minimum Gasteiger partial charge on any atom is -0.459 e. The molecule has 4 rings (SSSR count). The van der Waals surface area contributed by atoms with Crippen molar-refractivity contribution < 1.29 is 9.21 Å². The maximum atomic E-state index is 12.4. The number of carbonyl (C=O) groups is 1. The lowest BCUT2D eigenvalue weighted by Gasteiger charge is -2.34. The molecule has 0 bridgehead atoms. The molecule has 0 atom stereocenters. The number of furan rings is 1. The number of piperazine rings is 1. The number of hydrogen-bond donors (Lipinski definition) is 1. The van der Waals surface area contributed by atoms with Gasteiger partial charge in [-0.25, -0.2) is 4.98 Å². The van der Waals surface area contributed by atoms with Crippen molar-refractivity contribution in [3.8, 4) is 0 Å². The van der Waals surface area contributed by atoms with Gasteiger partial charge < -0.3 is 19.5 Å². The second-order valence-corrected chi connectivity index (χ2v) is 6.63. The van der Waals surface area contributed by atoms with Crippen molar-refractivity contribution in [3.63, 3.8) is 0 Å². The van der Waals surface area contributed by atoms with Crippen molar-refractivity contribution in [2.24, 2.45) is 0 Å². The summed E-state index contributed by atoms with van der Waals surface area (Å²) in [7, 11) is 0. The molecule has 1 saturated heterocycles. The van der Waals surface area contributed by atoms with Crippen molar-refractivity contribution in [1.82, 2.24) is 19.9 Å². The number of anilines is 2. The Balaban J connectivity index is 1.39. The zero-order valence-electron chi connectivity index (χ0n) is 15.7. The molecule has 1 aliphatic rings. The predicted molar refractivity (Wildman–Crippen MR) is 105 cm³/mol. The van der Waals surface area contributed by atoms with Crippen molar-refractivity contribution in [3.05, 3.63) is 66.0 Å². The first-order valence-corrected chi connectivity index (χ1v) is 9.26. The predicted octanol–water partition coefficient (Wildman–Crippen LogP) is 2.35. The maximum absolute atomic E-state index is 12.4. The fourth-order valence-corrected chi connectivity index (χ4v) is 3.13. The second-order valence-electron chi connectivity index (χ2n) is 6.63. The molecule has 3 aromatic rings. The van der Waals surface area contributed by atoms with Gasteiger partial charge >= 0.3 is 0 Å². The lowest BCUT2D eigenvalue weighted by Crippen LogP contribution is -2.49. The third-order valence-electron chi connectivity index (χ3n) is 4.60. The first kappa shape index (κ1) is 18.0. The summed E-state index contributed by atoms with van der Waals surface area (Å²) in [5, 5.41) is 3.31. The molecule has 0 spiro atoms. The molecule has 3 aromatic heterocycles. The number of nitrogens with one attached hydrogen (secondary N) is 1. The van der Waals surface area contributed by atoms with Crippen LogP contribution in [0.3, 0.4) is 0 Å². The van der Waals surface area contributed by atoms with Crippen molar-refractivity contribution in [2.75, 3.05) is 36.4 Å². The van der Waals surface area contributed by atoms with E-state index in [1.165, 1.54) is 6.26 Å². The summed E-state index contributed by atoms with van der Waals surface area (Å²) in [5.41, 5.74) is 1.84. The van der Waals surface area contributed by atoms with Gasteiger partial charge in [0.2, 0.25) is 5.95 Å². The van der Waals surface area contributed by atoms with Crippen LogP contribution >= 0.6 is 0 Å². The summed E-state index contributed by atoms with van der Waals surface area (Å²) >= 11 is 0. The molecule has 8 heteroatoms. The van der Waals surface area contributed by atoms with Gasteiger partial charge in [-0.3, -0.25) is 9.78 Å². The van der Waals surface area contributed by atoms with E-state index in [2.05, 4.69) is 25.2 Å². The number of aromatic nitrogens is 3. The van der Waals surface area contributed by atoms with Crippen LogP contribution in [0.4, 0.5) is 11.8 Å². The standard InChI is InChI=1S/C20H22N6O2/c1-15-13-18(22-14-16-5-2-3-7-21-16)24-20(23-15)26-10-8-25(9-11-26)19(27)17-6-4-12-28-17/h2-7,12-13H,8-11,14H2,1H3,(H,22,23,24). The van der Waals surface area contributed by atoms with E-state index in [0.717, 1.165) is 17.2 Å². The molecule has 1 amide bonds. The van der Waals surface area contributed by atoms with Gasteiger partial charge in [0, 0.05) is 44.1 Å². The van der Waals surface area contributed by atoms with Gasteiger partial charge in [-0.2, -0.15) is 4.98 Å². The van der Waals surface area contributed by atoms with Crippen LogP contribution in [0.5, 0.6) is 0 Å². The molecule has 28 heavy (non-hydrogen) atoms. The first-order chi connectivity index (χ1) is 13.7. The number of amides is 1. The zero-order chi connectivity index (χ0) is 19.3. The number of aryl methyl sites for hydroxylation is 1. The van der Waals surface area contributed by atoms with Gasteiger partial charge in [-0.05, 0) is 31.2 Å². The number of pyridine rings is 1. The Bertz CT molecular complexity index is 921. The summed E-state index contributed by atoms with van der Waals surface area (Å²) in [4.78, 5) is 29.8. The van der Waals surface area contributed by atoms with Gasteiger partial charge in [0.25, 0.3) is 5.91 Å². The number of carbonyl (C=O) groups excluding carboxylic acids is 1. The normalized spacial score (nSPS) is 14.2. The zero-order valence-corrected chi connectivity index (χ0v) is 15.7. The Morgan fingerprint density at radius 2 is 2.00 bits per heavy atom. The highest BCUT2D eigenvalue weighted by molar-refractivity contribution is 5.91. The van der Waals surface area contributed by atoms with Crippen LogP contribution in [-0.4, -0.2) is 51.9 Å². The number of nitrogens with zero attached hydrogens (tertiary/aromatic N) is 5. The Labute approximate surface area is 163 Å². The summed E-state index contributed by atoms with van der Waals surface area (Å²) in [6, 6.07) is 11.2. The summed E-state index contributed by atoms with van der Waals surface area (Å²) in [6.07, 6.45) is 3.29. The second kappa shape index (κ2) is 8.08. The number of hydrogen-bond acceptors (Lipinski definition) is 7. The van der Waals surface area contributed by atoms with E-state index in [4.69, 9.17) is 4.42 Å². The molecule has 144 valence electrons. The van der Waals surface area contributed by atoms with E-state index in [9.17, 15) is 4.79 Å². The Kier molecular flexibility index (Phi) is 5.18. The van der Waals surface area contributed by atoms with Crippen molar-refractivity contribution in [2.45, 2.75) is 13.5 Å². The fourth-order valence-electron chi connectivity index (χ4n) is 3.13. The smallest absolute Gasteiger partial charge is 0.289 e. The average Bonchev–Trinajstić information content (AvgIpc) is 3.27. The van der Waals surface area contributed by atoms with Crippen LogP contribution in [0.1, 0.15) is 21.9 Å². The third-order valence-corrected chi connectivity index (χ3v) is 4.60. The van der Waals surface area contributed by atoms with Gasteiger partial charge in [0.15, 0.2) is 5.76 Å². The Morgan fingerprint density at radius 1 is 1.14 bits per heavy atom.